The van der Waals surface area contributed by atoms with Crippen LogP contribution in [0.15, 0.2) is 53.3 Å². The van der Waals surface area contributed by atoms with Gasteiger partial charge in [-0.1, -0.05) is 61.2 Å². The lowest BCUT2D eigenvalue weighted by molar-refractivity contribution is 0.140. The molecule has 0 unspecified atom stereocenters. The van der Waals surface area contributed by atoms with Crippen LogP contribution in [0.3, 0.4) is 0 Å². The van der Waals surface area contributed by atoms with Gasteiger partial charge in [0.15, 0.2) is 5.82 Å². The maximum Gasteiger partial charge on any atom is 0.253 e. The number of pyridine rings is 1. The van der Waals surface area contributed by atoms with E-state index in [4.69, 9.17) is 0 Å². The van der Waals surface area contributed by atoms with Crippen molar-refractivity contribution in [1.29, 1.82) is 0 Å². The minimum Gasteiger partial charge on any atom is -0.321 e. The number of aromatic nitrogens is 5. The first-order valence-corrected chi connectivity index (χ1v) is 14.3. The van der Waals surface area contributed by atoms with Gasteiger partial charge in [-0.25, -0.2) is 4.68 Å². The van der Waals surface area contributed by atoms with E-state index in [1.807, 2.05) is 4.68 Å². The van der Waals surface area contributed by atoms with E-state index in [1.54, 1.807) is 0 Å². The number of benzene rings is 2. The first-order chi connectivity index (χ1) is 18.6. The highest BCUT2D eigenvalue weighted by Gasteiger charge is 2.35. The average Bonchev–Trinajstić information content (AvgIpc) is 3.41. The molecule has 0 spiro atoms. The molecule has 1 atom stereocenters. The van der Waals surface area contributed by atoms with E-state index in [0.29, 0.717) is 12.0 Å². The van der Waals surface area contributed by atoms with Crippen molar-refractivity contribution in [1.82, 2.24) is 30.1 Å². The Balaban J connectivity index is 1.37. The van der Waals surface area contributed by atoms with E-state index in [-0.39, 0.29) is 11.6 Å². The van der Waals surface area contributed by atoms with Gasteiger partial charge in [-0.05, 0) is 104 Å². The molecule has 1 saturated heterocycles. The number of fused-ring (bicyclic) bond motifs is 1. The second kappa shape index (κ2) is 10.8. The molecule has 2 aromatic carbocycles. The molecule has 1 aliphatic carbocycles. The molecule has 0 radical (unpaired) electrons. The Morgan fingerprint density at radius 2 is 1.74 bits per heavy atom. The van der Waals surface area contributed by atoms with Gasteiger partial charge in [0.05, 0.1) is 11.6 Å². The summed E-state index contributed by atoms with van der Waals surface area (Å²) in [5, 5.41) is 14.3. The molecule has 1 saturated carbocycles. The quantitative estimate of drug-likeness (QED) is 0.361. The van der Waals surface area contributed by atoms with Crippen LogP contribution >= 0.6 is 0 Å². The zero-order valence-electron chi connectivity index (χ0n) is 22.6. The summed E-state index contributed by atoms with van der Waals surface area (Å²) in [6.45, 7) is 6.01. The third kappa shape index (κ3) is 5.04. The Bertz CT molecular complexity index is 1440. The van der Waals surface area contributed by atoms with E-state index in [9.17, 15) is 4.79 Å². The van der Waals surface area contributed by atoms with Crippen molar-refractivity contribution in [2.45, 2.75) is 77.3 Å². The molecule has 0 amide bonds. The monoisotopic (exact) mass is 510 g/mol. The summed E-state index contributed by atoms with van der Waals surface area (Å²) >= 11 is 0. The molecule has 0 bridgehead atoms. The molecule has 7 nitrogen and oxygen atoms in total. The molecule has 1 N–H and O–H groups in total. The van der Waals surface area contributed by atoms with Crippen LogP contribution in [-0.2, 0) is 6.42 Å². The van der Waals surface area contributed by atoms with Crippen molar-refractivity contribution >= 4 is 10.9 Å². The maximum absolute atomic E-state index is 13.7. The third-order valence-corrected chi connectivity index (χ3v) is 8.68. The van der Waals surface area contributed by atoms with E-state index in [0.717, 1.165) is 73.0 Å². The van der Waals surface area contributed by atoms with Crippen molar-refractivity contribution in [3.63, 3.8) is 0 Å². The fraction of sp³-hybridized carbons (Fsp3) is 0.484. The minimum absolute atomic E-state index is 0.0425. The molecule has 6 rings (SSSR count). The van der Waals surface area contributed by atoms with Gasteiger partial charge in [0, 0.05) is 5.56 Å². The number of piperidine rings is 1. The fourth-order valence-electron chi connectivity index (χ4n) is 6.73. The highest BCUT2D eigenvalue weighted by Crippen LogP contribution is 2.35. The first kappa shape index (κ1) is 25.0. The first-order valence-electron chi connectivity index (χ1n) is 14.3. The lowest BCUT2D eigenvalue weighted by atomic mass is 9.88. The molecule has 2 aromatic heterocycles. The Hall–Kier alpha value is -3.32. The van der Waals surface area contributed by atoms with Crippen LogP contribution in [0.5, 0.6) is 0 Å². The van der Waals surface area contributed by atoms with Crippen LogP contribution in [0.4, 0.5) is 0 Å². The number of tetrazole rings is 1. The summed E-state index contributed by atoms with van der Waals surface area (Å²) in [6.07, 6.45) is 9.17. The number of nitrogens with one attached hydrogen (secondary N) is 1. The molecule has 1 aliphatic heterocycles. The molecule has 3 heterocycles. The SMILES string of the molecule is Cc1cc(C)c2[nH]c(=O)c([C@H](c3nnnn3C3CCCCC3)N3CCC(Cc4ccccc4)CC3)cc2c1. The Morgan fingerprint density at radius 1 is 0.974 bits per heavy atom. The van der Waals surface area contributed by atoms with Crippen LogP contribution in [0, 0.1) is 19.8 Å². The molecule has 38 heavy (non-hydrogen) atoms. The predicted molar refractivity (Wildman–Crippen MR) is 150 cm³/mol. The number of H-pyrrole nitrogens is 1. The van der Waals surface area contributed by atoms with Gasteiger partial charge in [0.2, 0.25) is 0 Å². The Morgan fingerprint density at radius 3 is 2.50 bits per heavy atom. The van der Waals surface area contributed by atoms with Crippen LogP contribution in [0.2, 0.25) is 0 Å². The number of rotatable bonds is 6. The average molecular weight is 511 g/mol. The van der Waals surface area contributed by atoms with Gasteiger partial charge in [-0.2, -0.15) is 0 Å². The fourth-order valence-corrected chi connectivity index (χ4v) is 6.73. The summed E-state index contributed by atoms with van der Waals surface area (Å²) in [5.41, 5.74) is 5.30. The number of hydrogen-bond donors (Lipinski definition) is 1. The van der Waals surface area contributed by atoms with Crippen molar-refractivity contribution in [2.24, 2.45) is 5.92 Å². The summed E-state index contributed by atoms with van der Waals surface area (Å²) in [6, 6.07) is 17.2. The number of aryl methyl sites for hydroxylation is 2. The van der Waals surface area contributed by atoms with Crippen molar-refractivity contribution in [3.05, 3.63) is 87.0 Å². The second-order valence-electron chi connectivity index (χ2n) is 11.4. The van der Waals surface area contributed by atoms with Crippen molar-refractivity contribution in [3.8, 4) is 0 Å². The van der Waals surface area contributed by atoms with Gasteiger partial charge in [0.25, 0.3) is 5.56 Å². The molecule has 2 fully saturated rings. The van der Waals surface area contributed by atoms with Crippen molar-refractivity contribution in [2.75, 3.05) is 13.1 Å². The van der Waals surface area contributed by atoms with Gasteiger partial charge < -0.3 is 4.98 Å². The van der Waals surface area contributed by atoms with Crippen molar-refractivity contribution < 1.29 is 0 Å². The molecular weight excluding hydrogens is 472 g/mol. The largest absolute Gasteiger partial charge is 0.321 e. The second-order valence-corrected chi connectivity index (χ2v) is 11.4. The Kier molecular flexibility index (Phi) is 7.11. The topological polar surface area (TPSA) is 79.7 Å². The molecule has 7 heteroatoms. The van der Waals surface area contributed by atoms with Crippen LogP contribution in [0.25, 0.3) is 10.9 Å². The summed E-state index contributed by atoms with van der Waals surface area (Å²) in [4.78, 5) is 19.3. The molecule has 4 aromatic rings. The highest BCUT2D eigenvalue weighted by molar-refractivity contribution is 5.83. The predicted octanol–water partition coefficient (Wildman–Crippen LogP) is 5.68. The zero-order chi connectivity index (χ0) is 26.1. The van der Waals surface area contributed by atoms with Crippen LogP contribution in [0.1, 0.15) is 85.1 Å². The van der Waals surface area contributed by atoms with E-state index < -0.39 is 0 Å². The molecule has 198 valence electrons. The van der Waals surface area contributed by atoms with E-state index in [2.05, 4.69) is 87.8 Å². The summed E-state index contributed by atoms with van der Waals surface area (Å²) in [5.74, 6) is 1.46. The standard InChI is InChI=1S/C31H38N6O/c1-21-17-22(2)28-25(18-21)20-27(31(38)32-28)29(30-33-34-35-37(30)26-11-7-4-8-12-26)36-15-13-24(14-16-36)19-23-9-5-3-6-10-23/h3,5-6,9-10,17-18,20,24,26,29H,4,7-8,11-16,19H2,1-2H3,(H,32,38)/t29-/m1/s1. The van der Waals surface area contributed by atoms with E-state index >= 15 is 0 Å². The van der Waals surface area contributed by atoms with Gasteiger partial charge >= 0.3 is 0 Å². The maximum atomic E-state index is 13.7. The summed E-state index contributed by atoms with van der Waals surface area (Å²) < 4.78 is 2.05. The van der Waals surface area contributed by atoms with Crippen LogP contribution in [-0.4, -0.2) is 43.2 Å². The number of likely N-dealkylation sites (tertiary alicyclic amines) is 1. The normalized spacial score (nSPS) is 18.7. The van der Waals surface area contributed by atoms with E-state index in [1.165, 1.54) is 30.4 Å². The highest BCUT2D eigenvalue weighted by atomic mass is 16.1. The molecule has 2 aliphatic rings. The smallest absolute Gasteiger partial charge is 0.253 e. The summed E-state index contributed by atoms with van der Waals surface area (Å²) in [7, 11) is 0. The van der Waals surface area contributed by atoms with Gasteiger partial charge in [-0.3, -0.25) is 9.69 Å². The number of hydrogen-bond acceptors (Lipinski definition) is 5. The number of aromatic amines is 1. The zero-order valence-corrected chi connectivity index (χ0v) is 22.6. The van der Waals surface area contributed by atoms with Crippen LogP contribution < -0.4 is 5.56 Å². The Labute approximate surface area is 224 Å². The molecular formula is C31H38N6O. The third-order valence-electron chi connectivity index (χ3n) is 8.68. The lowest BCUT2D eigenvalue weighted by Crippen LogP contribution is -2.41. The minimum atomic E-state index is -0.265. The lowest BCUT2D eigenvalue weighted by Gasteiger charge is -2.37. The van der Waals surface area contributed by atoms with Gasteiger partial charge in [-0.15, -0.1) is 5.10 Å². The number of nitrogens with zero attached hydrogens (tertiary/aromatic N) is 5. The van der Waals surface area contributed by atoms with Gasteiger partial charge in [0.1, 0.15) is 6.04 Å².